The Balaban J connectivity index is 0.875. The second-order valence-corrected chi connectivity index (χ2v) is 26.1. The van der Waals surface area contributed by atoms with Crippen LogP contribution in [0.3, 0.4) is 0 Å². The molecule has 0 radical (unpaired) electrons. The van der Waals surface area contributed by atoms with E-state index in [4.69, 9.17) is 33.3 Å². The number of rotatable bonds is 25. The van der Waals surface area contributed by atoms with Gasteiger partial charge in [0.15, 0.2) is 35.0 Å². The molecule has 29 heteroatoms. The van der Waals surface area contributed by atoms with Crippen LogP contribution >= 0.6 is 26.0 Å². The molecule has 3 fully saturated rings. The molecular formula is C51H73FN12O13P2S. The summed E-state index contributed by atoms with van der Waals surface area (Å²) in [6.07, 6.45) is 10.3. The zero-order valence-electron chi connectivity index (χ0n) is 45.4. The van der Waals surface area contributed by atoms with E-state index in [0.29, 0.717) is 17.7 Å². The van der Waals surface area contributed by atoms with E-state index in [2.05, 4.69) is 52.8 Å². The Bertz CT molecular complexity index is 3040. The van der Waals surface area contributed by atoms with Crippen LogP contribution in [0.1, 0.15) is 142 Å². The molecule has 2 unspecified atom stereocenters. The number of fused-ring (bicyclic) bond motifs is 4. The van der Waals surface area contributed by atoms with E-state index in [-0.39, 0.29) is 52.1 Å². The van der Waals surface area contributed by atoms with Crippen LogP contribution in [0.25, 0.3) is 22.3 Å². The number of amides is 3. The fraction of sp³-hybridized carbons (Fsp3) is 0.627. The van der Waals surface area contributed by atoms with Gasteiger partial charge in [0.2, 0.25) is 17.7 Å². The van der Waals surface area contributed by atoms with E-state index < -0.39 is 100 Å². The summed E-state index contributed by atoms with van der Waals surface area (Å²) >= 11 is 0.777. The zero-order chi connectivity index (χ0) is 57.0. The Hall–Kier alpha value is -5.21. The number of carbonyl (C=O) groups excluding carboxylic acids is 3. The summed E-state index contributed by atoms with van der Waals surface area (Å²) in [5.74, 6) is -1.41. The number of hydrogen-bond acceptors (Lipinski definition) is 19. The molecule has 0 saturated carbocycles. The van der Waals surface area contributed by atoms with E-state index in [9.17, 15) is 28.6 Å². The van der Waals surface area contributed by atoms with Gasteiger partial charge in [0.05, 0.1) is 32.2 Å². The van der Waals surface area contributed by atoms with Crippen molar-refractivity contribution in [1.29, 1.82) is 0 Å². The van der Waals surface area contributed by atoms with E-state index in [1.807, 2.05) is 13.8 Å². The third kappa shape index (κ3) is 15.9. The summed E-state index contributed by atoms with van der Waals surface area (Å²) in [5, 5.41) is 8.39. The summed E-state index contributed by atoms with van der Waals surface area (Å²) in [7, 11) is -5.10. The molecular weight excluding hydrogens is 1100 g/mol. The fourth-order valence-electron chi connectivity index (χ4n) is 9.76. The van der Waals surface area contributed by atoms with Crippen LogP contribution < -0.4 is 27.2 Å². The highest BCUT2D eigenvalue weighted by atomic mass is 32.7. The average molecular weight is 1180 g/mol. The average Bonchev–Trinajstić information content (AvgIpc) is 4.27. The summed E-state index contributed by atoms with van der Waals surface area (Å²) in [6, 6.07) is 4.78. The number of nitrogens with two attached hydrogens (primary N) is 1. The van der Waals surface area contributed by atoms with Crippen molar-refractivity contribution < 1.29 is 60.4 Å². The van der Waals surface area contributed by atoms with Gasteiger partial charge in [0.1, 0.15) is 54.6 Å². The highest BCUT2D eigenvalue weighted by molar-refractivity contribution is 8.54. The van der Waals surface area contributed by atoms with Crippen LogP contribution in [-0.4, -0.2) is 118 Å². The first-order chi connectivity index (χ1) is 38.4. The van der Waals surface area contributed by atoms with Crippen molar-refractivity contribution in [3.8, 4) is 0 Å². The number of phosphoric ester groups is 1. The lowest BCUT2D eigenvalue weighted by Crippen LogP contribution is -2.53. The summed E-state index contributed by atoms with van der Waals surface area (Å²) in [5.41, 5.74) is 6.88. The van der Waals surface area contributed by atoms with E-state index >= 15 is 8.96 Å². The van der Waals surface area contributed by atoms with Crippen molar-refractivity contribution in [1.82, 2.24) is 49.7 Å². The van der Waals surface area contributed by atoms with E-state index in [1.54, 1.807) is 31.2 Å². The first-order valence-electron chi connectivity index (χ1n) is 27.4. The predicted octanol–water partition coefficient (Wildman–Crippen LogP) is 8.09. The quantitative estimate of drug-likeness (QED) is 0.0237. The maximum absolute atomic E-state index is 16.6. The van der Waals surface area contributed by atoms with Crippen LogP contribution in [0.15, 0.2) is 54.4 Å². The molecule has 0 spiro atoms. The number of phosphoric acid groups is 1. The fourth-order valence-corrected chi connectivity index (χ4v) is 14.1. The summed E-state index contributed by atoms with van der Waals surface area (Å²) < 4.78 is 83.5. The monoisotopic (exact) mass is 1170 g/mol. The predicted molar refractivity (Wildman–Crippen MR) is 295 cm³/mol. The molecule has 80 heavy (non-hydrogen) atoms. The highest BCUT2D eigenvalue weighted by Crippen LogP contribution is 2.64. The Morgan fingerprint density at radius 3 is 2.15 bits per heavy atom. The summed E-state index contributed by atoms with van der Waals surface area (Å²) in [6.45, 7) is 1.69. The molecule has 3 amide bonds. The molecule has 0 aliphatic carbocycles. The molecule has 8 rings (SSSR count). The second-order valence-electron chi connectivity index (χ2n) is 20.7. The molecule has 5 aromatic rings. The first-order valence-corrected chi connectivity index (χ1v) is 32.1. The van der Waals surface area contributed by atoms with E-state index in [1.165, 1.54) is 85.9 Å². The molecule has 3 saturated heterocycles. The summed E-state index contributed by atoms with van der Waals surface area (Å²) in [4.78, 5) is 86.3. The van der Waals surface area contributed by atoms with Crippen LogP contribution in [0.4, 0.5) is 15.9 Å². The first kappa shape index (κ1) is 60.9. The molecule has 438 valence electrons. The number of nitrogens with one attached hydrogen (secondary N) is 4. The van der Waals surface area contributed by atoms with Crippen molar-refractivity contribution in [3.05, 3.63) is 65.5 Å². The van der Waals surface area contributed by atoms with Gasteiger partial charge in [-0.05, 0) is 48.3 Å². The lowest BCUT2D eigenvalue weighted by molar-refractivity contribution is -0.131. The van der Waals surface area contributed by atoms with Gasteiger partial charge in [0.25, 0.3) is 5.56 Å². The topological polar surface area (TPSA) is 330 Å². The molecule has 3 aliphatic heterocycles. The number of ether oxygens (including phenoxy) is 2. The number of aromatic amines is 1. The highest BCUT2D eigenvalue weighted by Gasteiger charge is 2.53. The third-order valence-corrected chi connectivity index (χ3v) is 18.9. The number of nitrogens with zero attached hydrogens (tertiary/aromatic N) is 7. The molecule has 7 N–H and O–H groups in total. The Labute approximate surface area is 466 Å². The van der Waals surface area contributed by atoms with Crippen molar-refractivity contribution in [2.45, 2.75) is 185 Å². The minimum Gasteiger partial charge on any atom is -0.382 e. The van der Waals surface area contributed by atoms with Crippen molar-refractivity contribution in [3.63, 3.8) is 0 Å². The van der Waals surface area contributed by atoms with Gasteiger partial charge in [-0.1, -0.05) is 110 Å². The third-order valence-electron chi connectivity index (χ3n) is 14.2. The molecule has 0 bridgehead atoms. The second kappa shape index (κ2) is 28.2. The standard InChI is InChI=1S/C51H73FN12O13P2S/c1-5-6-7-8-9-10-11-12-13-14-15-16-17-18-38(65)62-41(31(2)3)50(68)60-32(4)48(66)61-34-21-19-33(20-22-34)26-80-79(71)73-25-37-44(40(52)51(75-37)64-30-58-42-45(53)54-27-55-46(42)64)77-78(69,70)72-24-36-35(76-79)23-39(74-36)63-29-59-43-47(63)56-28-57-49(43)67/h19-22,27-32,35-37,39-41,44,51H,5-18,23-26H2,1-4H3,(H,60,68)(H,61,66)(H,62,65)(H,69,70)(H2,53,54,55)(H,56,57,67)/t32-,35-,36+,37+,39+,40+,41-,44+,51+,79?/m0/s1. The van der Waals surface area contributed by atoms with Crippen molar-refractivity contribution in [2.75, 3.05) is 24.3 Å². The lowest BCUT2D eigenvalue weighted by atomic mass is 10.0. The van der Waals surface area contributed by atoms with Gasteiger partial charge in [-0.2, -0.15) is 0 Å². The minimum absolute atomic E-state index is 0.00443. The molecule has 4 aromatic heterocycles. The number of anilines is 2. The largest absolute Gasteiger partial charge is 0.472 e. The number of alkyl halides is 1. The number of halogens is 1. The van der Waals surface area contributed by atoms with Crippen LogP contribution in [0.2, 0.25) is 0 Å². The van der Waals surface area contributed by atoms with Gasteiger partial charge in [0, 0.05) is 24.3 Å². The van der Waals surface area contributed by atoms with Crippen molar-refractivity contribution >= 4 is 77.6 Å². The number of H-pyrrole nitrogens is 1. The van der Waals surface area contributed by atoms with Crippen LogP contribution in [-0.2, 0) is 56.8 Å². The maximum Gasteiger partial charge on any atom is 0.472 e. The number of unbranched alkanes of at least 4 members (excludes halogenated alkanes) is 12. The lowest BCUT2D eigenvalue weighted by Gasteiger charge is -2.28. The van der Waals surface area contributed by atoms with Gasteiger partial charge < -0.3 is 41.0 Å². The van der Waals surface area contributed by atoms with Gasteiger partial charge >= 0.3 is 14.6 Å². The van der Waals surface area contributed by atoms with E-state index in [0.717, 1.165) is 43.4 Å². The number of benzene rings is 1. The molecule has 3 aliphatic rings. The van der Waals surface area contributed by atoms with Crippen LogP contribution in [0, 0.1) is 5.92 Å². The Morgan fingerprint density at radius 2 is 1.45 bits per heavy atom. The number of carbonyl (C=O) groups is 3. The minimum atomic E-state index is -5.10. The number of hydrogen-bond donors (Lipinski definition) is 6. The molecule has 1 aromatic carbocycles. The zero-order valence-corrected chi connectivity index (χ0v) is 48.0. The normalized spacial score (nSPS) is 26.1. The Kier molecular flexibility index (Phi) is 21.4. The molecule has 7 heterocycles. The molecule has 11 atom stereocenters. The SMILES string of the molecule is CCCCCCCCCCCCCCCC(=O)N[C@H](C(=O)N[C@@H](C)C(=O)Nc1ccc(CSP2(=O)OC[C@H]3O[C@@H](n4cnc5c(N)ncnc54)[C@H](F)[C@@H]3OP(=O)(O)OC[C@H]3O[C@@H](n4cnc5c(=O)[nH]cnc54)C[C@@H]3O2)cc1)C(C)C. The Morgan fingerprint density at radius 1 is 0.800 bits per heavy atom. The number of imidazole rings is 2. The smallest absolute Gasteiger partial charge is 0.382 e. The number of aromatic nitrogens is 8. The van der Waals surface area contributed by atoms with Gasteiger partial charge in [-0.25, -0.2) is 38.4 Å². The van der Waals surface area contributed by atoms with Crippen molar-refractivity contribution in [2.24, 2.45) is 5.92 Å². The number of nitrogen functional groups attached to an aromatic ring is 1. The maximum atomic E-state index is 16.6. The van der Waals surface area contributed by atoms with Gasteiger partial charge in [-0.15, -0.1) is 0 Å². The van der Waals surface area contributed by atoms with Crippen LogP contribution in [0.5, 0.6) is 0 Å². The molecule has 25 nitrogen and oxygen atoms in total. The van der Waals surface area contributed by atoms with Gasteiger partial charge in [-0.3, -0.25) is 46.4 Å².